The number of nitrogens with zero attached hydrogens (tertiary/aromatic N) is 1. The van der Waals surface area contributed by atoms with Crippen LogP contribution in [0.4, 0.5) is 5.69 Å². The highest BCUT2D eigenvalue weighted by molar-refractivity contribution is 6.22. The van der Waals surface area contributed by atoms with Crippen LogP contribution >= 0.6 is 0 Å². The Kier molecular flexibility index (Phi) is 8.29. The minimum atomic E-state index is 0.821. The van der Waals surface area contributed by atoms with Crippen molar-refractivity contribution in [2.45, 2.75) is 20.3 Å². The zero-order valence-corrected chi connectivity index (χ0v) is 34.2. The van der Waals surface area contributed by atoms with E-state index >= 15 is 0 Å². The minimum absolute atomic E-state index is 0.821. The van der Waals surface area contributed by atoms with Crippen molar-refractivity contribution >= 4 is 99.5 Å². The molecule has 5 heteroatoms. The molecule has 4 aromatic heterocycles. The Hall–Kier alpha value is -8.02. The third kappa shape index (κ3) is 5.85. The molecule has 7 aromatic carbocycles. The van der Waals surface area contributed by atoms with Crippen molar-refractivity contribution in [3.05, 3.63) is 205 Å². The molecular weight excluding hydrogens is 763 g/mol. The molecule has 0 atom stereocenters. The summed E-state index contributed by atoms with van der Waals surface area (Å²) >= 11 is 0. The minimum Gasteiger partial charge on any atom is -0.456 e. The van der Waals surface area contributed by atoms with Crippen LogP contribution in [0.15, 0.2) is 217 Å². The maximum Gasteiger partial charge on any atom is 0.147 e. The molecule has 1 aliphatic rings. The highest BCUT2D eigenvalue weighted by atomic mass is 16.4. The topological polar surface area (TPSA) is 55.8 Å². The Balaban J connectivity index is 0.909. The van der Waals surface area contributed by atoms with E-state index in [4.69, 9.17) is 17.7 Å². The largest absolute Gasteiger partial charge is 0.456 e. The van der Waals surface area contributed by atoms with Gasteiger partial charge < -0.3 is 22.6 Å². The molecule has 0 aliphatic heterocycles. The molecule has 0 radical (unpaired) electrons. The normalized spacial score (nSPS) is 14.0. The summed E-state index contributed by atoms with van der Waals surface area (Å²) in [5, 5.41) is 8.60. The van der Waals surface area contributed by atoms with Crippen molar-refractivity contribution in [3.63, 3.8) is 0 Å². The zero-order chi connectivity index (χ0) is 41.3. The average molecular weight is 802 g/mol. The summed E-state index contributed by atoms with van der Waals surface area (Å²) in [6.07, 6.45) is 20.5. The SMILES string of the molecule is C\C=C/C(=C(C)\C=C\c1ccc2oc3c(ccc4oc5ccccc5c43)c2c1)N(C1=CC=CCC=C1)c1ccc(-c2ccc3oc4cc5oc6ccccc6c5cc4c3c2)cc1. The number of anilines is 1. The Morgan fingerprint density at radius 1 is 0.532 bits per heavy atom. The van der Waals surface area contributed by atoms with E-state index in [-0.39, 0.29) is 0 Å². The van der Waals surface area contributed by atoms with Crippen LogP contribution in [0, 0.1) is 0 Å². The van der Waals surface area contributed by atoms with Crippen LogP contribution in [-0.4, -0.2) is 0 Å². The molecule has 12 rings (SSSR count). The monoisotopic (exact) mass is 801 g/mol. The van der Waals surface area contributed by atoms with Gasteiger partial charge >= 0.3 is 0 Å². The van der Waals surface area contributed by atoms with E-state index < -0.39 is 0 Å². The molecule has 0 N–H and O–H groups in total. The summed E-state index contributed by atoms with van der Waals surface area (Å²) in [5.41, 5.74) is 14.5. The zero-order valence-electron chi connectivity index (χ0n) is 34.2. The maximum atomic E-state index is 6.50. The summed E-state index contributed by atoms with van der Waals surface area (Å²) < 4.78 is 25.2. The fraction of sp³-hybridized carbons (Fsp3) is 0.0526. The Bertz CT molecular complexity index is 3790. The number of hydrogen-bond acceptors (Lipinski definition) is 5. The molecular formula is C57H39NO4. The van der Waals surface area contributed by atoms with E-state index in [9.17, 15) is 0 Å². The molecule has 11 aromatic rings. The number of fused-ring (bicyclic) bond motifs is 13. The van der Waals surface area contributed by atoms with Crippen LogP contribution < -0.4 is 4.90 Å². The third-order valence-corrected chi connectivity index (χ3v) is 12.1. The molecule has 5 nitrogen and oxygen atoms in total. The summed E-state index contributed by atoms with van der Waals surface area (Å²) in [5.74, 6) is 0. The second kappa shape index (κ2) is 14.3. The van der Waals surface area contributed by atoms with Gasteiger partial charge in [-0.05, 0) is 127 Å². The van der Waals surface area contributed by atoms with E-state index in [1.54, 1.807) is 0 Å². The van der Waals surface area contributed by atoms with E-state index in [0.29, 0.717) is 0 Å². The number of furan rings is 4. The number of rotatable bonds is 7. The van der Waals surface area contributed by atoms with Crippen LogP contribution in [0.3, 0.4) is 0 Å². The Morgan fingerprint density at radius 2 is 1.19 bits per heavy atom. The van der Waals surface area contributed by atoms with Crippen LogP contribution in [0.1, 0.15) is 25.8 Å². The molecule has 296 valence electrons. The van der Waals surface area contributed by atoms with E-state index in [2.05, 4.69) is 170 Å². The molecule has 0 unspecified atom stereocenters. The molecule has 0 spiro atoms. The predicted molar refractivity (Wildman–Crippen MR) is 257 cm³/mol. The smallest absolute Gasteiger partial charge is 0.147 e. The number of para-hydroxylation sites is 2. The molecule has 0 saturated carbocycles. The fourth-order valence-electron chi connectivity index (χ4n) is 9.13. The Morgan fingerprint density at radius 3 is 2.03 bits per heavy atom. The van der Waals surface area contributed by atoms with E-state index in [1.807, 2.05) is 36.4 Å². The summed E-state index contributed by atoms with van der Waals surface area (Å²) in [4.78, 5) is 2.34. The van der Waals surface area contributed by atoms with Gasteiger partial charge in [-0.3, -0.25) is 0 Å². The second-order valence-corrected chi connectivity index (χ2v) is 16.0. The molecule has 0 amide bonds. The number of allylic oxidation sites excluding steroid dienone is 9. The summed E-state index contributed by atoms with van der Waals surface area (Å²) in [6, 6.07) is 46.5. The van der Waals surface area contributed by atoms with Crippen LogP contribution in [-0.2, 0) is 0 Å². The van der Waals surface area contributed by atoms with Crippen molar-refractivity contribution in [1.82, 2.24) is 0 Å². The average Bonchev–Trinajstić information content (AvgIpc) is 4.02. The van der Waals surface area contributed by atoms with Gasteiger partial charge in [0, 0.05) is 60.9 Å². The molecule has 4 heterocycles. The summed E-state index contributed by atoms with van der Waals surface area (Å²) in [7, 11) is 0. The molecule has 0 saturated heterocycles. The predicted octanol–water partition coefficient (Wildman–Crippen LogP) is 16.7. The van der Waals surface area contributed by atoms with Gasteiger partial charge in [0.1, 0.15) is 44.7 Å². The molecule has 1 aliphatic carbocycles. The first-order chi connectivity index (χ1) is 30.6. The van der Waals surface area contributed by atoms with Crippen LogP contribution in [0.5, 0.6) is 0 Å². The highest BCUT2D eigenvalue weighted by Crippen LogP contribution is 2.41. The van der Waals surface area contributed by atoms with Crippen molar-refractivity contribution in [1.29, 1.82) is 0 Å². The van der Waals surface area contributed by atoms with Crippen molar-refractivity contribution in [2.75, 3.05) is 4.90 Å². The van der Waals surface area contributed by atoms with Crippen LogP contribution in [0.25, 0.3) is 105 Å². The van der Waals surface area contributed by atoms with Crippen molar-refractivity contribution in [2.24, 2.45) is 0 Å². The lowest BCUT2D eigenvalue weighted by atomic mass is 10.0. The number of benzene rings is 7. The first kappa shape index (κ1) is 35.9. The molecule has 62 heavy (non-hydrogen) atoms. The molecule has 0 bridgehead atoms. The van der Waals surface area contributed by atoms with Gasteiger partial charge in [-0.15, -0.1) is 0 Å². The van der Waals surface area contributed by atoms with Gasteiger partial charge in [-0.2, -0.15) is 0 Å². The van der Waals surface area contributed by atoms with Crippen LogP contribution in [0.2, 0.25) is 0 Å². The van der Waals surface area contributed by atoms with Gasteiger partial charge in [0.25, 0.3) is 0 Å². The van der Waals surface area contributed by atoms with Gasteiger partial charge in [0.2, 0.25) is 0 Å². The Labute approximate surface area is 356 Å². The van der Waals surface area contributed by atoms with Crippen molar-refractivity contribution < 1.29 is 17.7 Å². The lowest BCUT2D eigenvalue weighted by Gasteiger charge is -2.28. The highest BCUT2D eigenvalue weighted by Gasteiger charge is 2.19. The number of hydrogen-bond donors (Lipinski definition) is 0. The standard InChI is InChI=1S/C57H39NO4/c1-3-12-48(35(2)19-20-36-21-28-52-44(31-36)42-27-30-53-56(57(42)62-52)43-16-9-11-18-50(43)59-53)58(39-13-6-4-5-7-14-39)40-25-22-37(23-26-40)38-24-29-51-45(32-38)47-33-46-41-15-8-10-17-49(41)60-54(46)34-55(47)61-51/h3-4,6-34H,5H2,1-2H3/b12-3-,20-19+,48-35+. The lowest BCUT2D eigenvalue weighted by molar-refractivity contribution is 0.656. The van der Waals surface area contributed by atoms with Gasteiger partial charge in [0.05, 0.1) is 5.39 Å². The van der Waals surface area contributed by atoms with Gasteiger partial charge in [0.15, 0.2) is 0 Å². The third-order valence-electron chi connectivity index (χ3n) is 12.1. The van der Waals surface area contributed by atoms with Gasteiger partial charge in [-0.25, -0.2) is 0 Å². The first-order valence-corrected chi connectivity index (χ1v) is 21.1. The second-order valence-electron chi connectivity index (χ2n) is 16.0. The van der Waals surface area contributed by atoms with Crippen molar-refractivity contribution in [3.8, 4) is 11.1 Å². The quantitative estimate of drug-likeness (QED) is 0.150. The van der Waals surface area contributed by atoms with E-state index in [0.717, 1.165) is 134 Å². The summed E-state index contributed by atoms with van der Waals surface area (Å²) in [6.45, 7) is 4.25. The molecule has 0 fully saturated rings. The van der Waals surface area contributed by atoms with Gasteiger partial charge in [-0.1, -0.05) is 97.1 Å². The fourth-order valence-corrected chi connectivity index (χ4v) is 9.13. The lowest BCUT2D eigenvalue weighted by Crippen LogP contribution is -2.21. The first-order valence-electron chi connectivity index (χ1n) is 21.1. The van der Waals surface area contributed by atoms with E-state index in [1.165, 1.54) is 0 Å². The maximum absolute atomic E-state index is 6.50.